The van der Waals surface area contributed by atoms with Crippen molar-refractivity contribution in [2.24, 2.45) is 0 Å². The minimum absolute atomic E-state index is 0.313. The predicted octanol–water partition coefficient (Wildman–Crippen LogP) is 2.79. The zero-order valence-electron chi connectivity index (χ0n) is 9.95. The number of nitrogens with one attached hydrogen (secondary N) is 2. The van der Waals surface area contributed by atoms with Crippen molar-refractivity contribution in [1.82, 2.24) is 19.9 Å². The van der Waals surface area contributed by atoms with Crippen LogP contribution in [0.2, 0.25) is 0 Å². The molecular weight excluding hydrogens is 282 g/mol. The van der Waals surface area contributed by atoms with E-state index in [1.165, 1.54) is 0 Å². The van der Waals surface area contributed by atoms with Crippen LogP contribution in [0.5, 0.6) is 0 Å². The van der Waals surface area contributed by atoms with Gasteiger partial charge >= 0.3 is 0 Å². The van der Waals surface area contributed by atoms with Gasteiger partial charge in [-0.2, -0.15) is 0 Å². The van der Waals surface area contributed by atoms with Crippen LogP contribution < -0.4 is 5.32 Å². The van der Waals surface area contributed by atoms with Gasteiger partial charge in [0.15, 0.2) is 11.6 Å². The first-order valence-corrected chi connectivity index (χ1v) is 6.17. The summed E-state index contributed by atoms with van der Waals surface area (Å²) < 4.78 is 0.908. The van der Waals surface area contributed by atoms with Crippen molar-refractivity contribution in [3.8, 4) is 11.6 Å². The molecule has 17 heavy (non-hydrogen) atoms. The Balaban J connectivity index is 2.59. The number of nitrogens with zero attached hydrogens (tertiary/aromatic N) is 3. The van der Waals surface area contributed by atoms with Crippen LogP contribution in [0.4, 0.5) is 5.82 Å². The molecule has 0 radical (unpaired) electrons. The molecule has 0 saturated heterocycles. The van der Waals surface area contributed by atoms with Gasteiger partial charge in [-0.3, -0.25) is 0 Å². The number of halogens is 1. The summed E-state index contributed by atoms with van der Waals surface area (Å²) in [4.78, 5) is 16.1. The fraction of sp³-hybridized carbons (Fsp3) is 0.364. The summed E-state index contributed by atoms with van der Waals surface area (Å²) >= 11 is 3.52. The highest BCUT2D eigenvalue weighted by atomic mass is 79.9. The lowest BCUT2D eigenvalue weighted by Gasteiger charge is -2.12. The molecule has 0 aliphatic heterocycles. The Kier molecular flexibility index (Phi) is 3.42. The van der Waals surface area contributed by atoms with E-state index in [1.54, 1.807) is 12.4 Å². The van der Waals surface area contributed by atoms with Crippen LogP contribution in [-0.4, -0.2) is 27.0 Å². The normalized spacial score (nSPS) is 10.9. The van der Waals surface area contributed by atoms with Crippen molar-refractivity contribution in [2.75, 3.05) is 12.4 Å². The molecule has 0 saturated carbocycles. The first-order chi connectivity index (χ1) is 8.13. The zero-order valence-corrected chi connectivity index (χ0v) is 11.5. The SMILES string of the molecule is CNc1nc(-c2ncc[nH]2)nc(C(C)C)c1Br. The third-order valence-electron chi connectivity index (χ3n) is 2.37. The van der Waals surface area contributed by atoms with Crippen molar-refractivity contribution in [3.05, 3.63) is 22.6 Å². The van der Waals surface area contributed by atoms with E-state index >= 15 is 0 Å². The first-order valence-electron chi connectivity index (χ1n) is 5.38. The van der Waals surface area contributed by atoms with Crippen molar-refractivity contribution in [1.29, 1.82) is 0 Å². The van der Waals surface area contributed by atoms with Gasteiger partial charge in [-0.15, -0.1) is 0 Å². The molecule has 90 valence electrons. The zero-order chi connectivity index (χ0) is 12.4. The highest BCUT2D eigenvalue weighted by Crippen LogP contribution is 2.30. The second-order valence-corrected chi connectivity index (χ2v) is 4.73. The summed E-state index contributed by atoms with van der Waals surface area (Å²) in [6, 6.07) is 0. The Morgan fingerprint density at radius 1 is 1.35 bits per heavy atom. The maximum Gasteiger partial charge on any atom is 0.197 e. The Morgan fingerprint density at radius 3 is 2.65 bits per heavy atom. The van der Waals surface area contributed by atoms with Gasteiger partial charge < -0.3 is 10.3 Å². The van der Waals surface area contributed by atoms with Gasteiger partial charge in [0.2, 0.25) is 0 Å². The molecule has 0 fully saturated rings. The number of rotatable bonds is 3. The number of aromatic nitrogens is 4. The fourth-order valence-corrected chi connectivity index (χ4v) is 2.34. The number of imidazole rings is 1. The molecule has 0 aliphatic rings. The van der Waals surface area contributed by atoms with E-state index < -0.39 is 0 Å². The van der Waals surface area contributed by atoms with E-state index in [9.17, 15) is 0 Å². The Bertz CT molecular complexity index is 507. The average molecular weight is 296 g/mol. The highest BCUT2D eigenvalue weighted by Gasteiger charge is 2.15. The second kappa shape index (κ2) is 4.83. The lowest BCUT2D eigenvalue weighted by molar-refractivity contribution is 0.808. The number of hydrogen-bond acceptors (Lipinski definition) is 4. The van der Waals surface area contributed by atoms with Crippen LogP contribution in [0.15, 0.2) is 16.9 Å². The Labute approximate surface area is 108 Å². The van der Waals surface area contributed by atoms with Gasteiger partial charge in [0.1, 0.15) is 5.82 Å². The first kappa shape index (κ1) is 12.0. The molecule has 2 aromatic heterocycles. The monoisotopic (exact) mass is 295 g/mol. The molecule has 2 heterocycles. The third kappa shape index (κ3) is 2.31. The van der Waals surface area contributed by atoms with Gasteiger partial charge in [-0.05, 0) is 21.8 Å². The Morgan fingerprint density at radius 2 is 2.12 bits per heavy atom. The summed E-state index contributed by atoms with van der Waals surface area (Å²) in [5.74, 6) is 2.37. The molecule has 0 amide bonds. The van der Waals surface area contributed by atoms with Crippen molar-refractivity contribution in [2.45, 2.75) is 19.8 Å². The fourth-order valence-electron chi connectivity index (χ4n) is 1.51. The van der Waals surface area contributed by atoms with Gasteiger partial charge in [0.05, 0.1) is 10.2 Å². The summed E-state index contributed by atoms with van der Waals surface area (Å²) in [7, 11) is 1.84. The van der Waals surface area contributed by atoms with Gasteiger partial charge in [-0.1, -0.05) is 13.8 Å². The minimum atomic E-state index is 0.313. The molecule has 6 heteroatoms. The van der Waals surface area contributed by atoms with Gasteiger partial charge in [0.25, 0.3) is 0 Å². The molecule has 5 nitrogen and oxygen atoms in total. The highest BCUT2D eigenvalue weighted by molar-refractivity contribution is 9.10. The third-order valence-corrected chi connectivity index (χ3v) is 3.15. The van der Waals surface area contributed by atoms with Crippen LogP contribution in [0.1, 0.15) is 25.5 Å². The van der Waals surface area contributed by atoms with Crippen LogP contribution >= 0.6 is 15.9 Å². The van der Waals surface area contributed by atoms with Crippen LogP contribution in [-0.2, 0) is 0 Å². The van der Waals surface area contributed by atoms with Crippen LogP contribution in [0, 0.1) is 0 Å². The molecule has 0 aromatic carbocycles. The number of H-pyrrole nitrogens is 1. The summed E-state index contributed by atoms with van der Waals surface area (Å²) in [6.45, 7) is 4.19. The maximum absolute atomic E-state index is 4.53. The summed E-state index contributed by atoms with van der Waals surface area (Å²) in [6.07, 6.45) is 3.45. The molecule has 0 spiro atoms. The molecule has 2 rings (SSSR count). The summed E-state index contributed by atoms with van der Waals surface area (Å²) in [5.41, 5.74) is 0.968. The molecule has 0 unspecified atom stereocenters. The van der Waals surface area contributed by atoms with Crippen molar-refractivity contribution < 1.29 is 0 Å². The topological polar surface area (TPSA) is 66.5 Å². The smallest absolute Gasteiger partial charge is 0.197 e. The van der Waals surface area contributed by atoms with E-state index in [4.69, 9.17) is 0 Å². The van der Waals surface area contributed by atoms with Gasteiger partial charge in [-0.25, -0.2) is 15.0 Å². The molecule has 2 aromatic rings. The number of aromatic amines is 1. The van der Waals surface area contributed by atoms with Crippen LogP contribution in [0.3, 0.4) is 0 Å². The second-order valence-electron chi connectivity index (χ2n) is 3.94. The number of hydrogen-bond donors (Lipinski definition) is 2. The molecule has 0 bridgehead atoms. The predicted molar refractivity (Wildman–Crippen MR) is 70.9 cm³/mol. The van der Waals surface area contributed by atoms with E-state index in [-0.39, 0.29) is 0 Å². The lowest BCUT2D eigenvalue weighted by Crippen LogP contribution is -2.05. The average Bonchev–Trinajstić information content (AvgIpc) is 2.82. The lowest BCUT2D eigenvalue weighted by atomic mass is 10.1. The number of anilines is 1. The van der Waals surface area contributed by atoms with Gasteiger partial charge in [0, 0.05) is 19.4 Å². The largest absolute Gasteiger partial charge is 0.372 e. The van der Waals surface area contributed by atoms with Crippen LogP contribution in [0.25, 0.3) is 11.6 Å². The molecular formula is C11H14BrN5. The van der Waals surface area contributed by atoms with E-state index in [1.807, 2.05) is 7.05 Å². The maximum atomic E-state index is 4.53. The standard InChI is InChI=1S/C11H14BrN5/c1-6(2)8-7(12)9(13-3)17-11(16-8)10-14-4-5-15-10/h4-6H,1-3H3,(H,14,15)(H,13,16,17). The van der Waals surface area contributed by atoms with E-state index in [0.717, 1.165) is 16.0 Å². The van der Waals surface area contributed by atoms with E-state index in [2.05, 4.69) is 55.0 Å². The minimum Gasteiger partial charge on any atom is -0.372 e. The summed E-state index contributed by atoms with van der Waals surface area (Å²) in [5, 5.41) is 3.05. The van der Waals surface area contributed by atoms with Crippen molar-refractivity contribution >= 4 is 21.7 Å². The molecule has 0 aliphatic carbocycles. The van der Waals surface area contributed by atoms with Crippen molar-refractivity contribution in [3.63, 3.8) is 0 Å². The quantitative estimate of drug-likeness (QED) is 0.914. The molecule has 0 atom stereocenters. The molecule has 2 N–H and O–H groups in total. The Hall–Kier alpha value is -1.43. The van der Waals surface area contributed by atoms with E-state index in [0.29, 0.717) is 17.6 Å².